The Kier molecular flexibility index (Phi) is 11.0. The molecule has 2 aliphatic rings. The molecule has 2 fully saturated rings. The van der Waals surface area contributed by atoms with Crippen molar-refractivity contribution in [3.63, 3.8) is 0 Å². The number of amides is 2. The lowest BCUT2D eigenvalue weighted by Crippen LogP contribution is -2.65. The first-order chi connectivity index (χ1) is 24.2. The Balaban J connectivity index is 1.17. The van der Waals surface area contributed by atoms with Gasteiger partial charge >= 0.3 is 24.1 Å². The first-order valence-electron chi connectivity index (χ1n) is 17.2. The summed E-state index contributed by atoms with van der Waals surface area (Å²) in [6, 6.07) is 19.3. The van der Waals surface area contributed by atoms with Gasteiger partial charge < -0.3 is 18.9 Å². The molecule has 0 N–H and O–H groups in total. The van der Waals surface area contributed by atoms with Crippen molar-refractivity contribution >= 4 is 47.3 Å². The number of carbonyl (C=O) groups is 4. The van der Waals surface area contributed by atoms with Crippen LogP contribution in [0.25, 0.3) is 0 Å². The molecule has 5 rings (SSSR count). The zero-order chi connectivity index (χ0) is 38.2. The maximum atomic E-state index is 13.3. The van der Waals surface area contributed by atoms with E-state index in [1.165, 1.54) is 24.3 Å². The van der Waals surface area contributed by atoms with Crippen LogP contribution < -0.4 is 9.47 Å². The molecule has 0 spiro atoms. The Morgan fingerprint density at radius 1 is 0.500 bits per heavy atom. The number of carbonyl (C=O) groups excluding carboxylic acids is 4. The number of hydrogen-bond acceptors (Lipinski definition) is 8. The van der Waals surface area contributed by atoms with Crippen molar-refractivity contribution in [3.05, 3.63) is 94.0 Å². The Morgan fingerprint density at radius 2 is 0.769 bits per heavy atom. The third-order valence-electron chi connectivity index (χ3n) is 9.64. The summed E-state index contributed by atoms with van der Waals surface area (Å²) in [4.78, 5) is 56.6. The maximum Gasteiger partial charge on any atom is 0.416 e. The highest BCUT2D eigenvalue weighted by Crippen LogP contribution is 2.42. The van der Waals surface area contributed by atoms with E-state index >= 15 is 0 Å². The summed E-state index contributed by atoms with van der Waals surface area (Å²) in [7, 11) is 0. The summed E-state index contributed by atoms with van der Waals surface area (Å²) < 4.78 is 23.2. The number of ether oxygens (including phenoxy) is 4. The highest BCUT2D eigenvalue weighted by Gasteiger charge is 2.51. The quantitative estimate of drug-likeness (QED) is 0.229. The fraction of sp³-hybridized carbons (Fsp3) is 0.450. The third kappa shape index (κ3) is 8.84. The summed E-state index contributed by atoms with van der Waals surface area (Å²) in [5.41, 5.74) is -2.21. The second-order valence-electron chi connectivity index (χ2n) is 16.0. The van der Waals surface area contributed by atoms with E-state index in [0.717, 1.165) is 0 Å². The Morgan fingerprint density at radius 3 is 1.04 bits per heavy atom. The molecule has 0 radical (unpaired) electrons. The van der Waals surface area contributed by atoms with Crippen LogP contribution in [0.1, 0.15) is 102 Å². The van der Waals surface area contributed by atoms with Crippen molar-refractivity contribution in [2.45, 2.75) is 115 Å². The lowest BCUT2D eigenvalue weighted by atomic mass is 9.78. The van der Waals surface area contributed by atoms with E-state index in [2.05, 4.69) is 0 Å². The predicted octanol–water partition coefficient (Wildman–Crippen LogP) is 9.75. The SMILES string of the molecule is CC1(C)CC(OC(=O)c2ccc(C(=O)OC3CC(C)(C)N(C(=O)Oc4ccc(Cl)cc4)C(C)(C)C3)cc2)CC(C)(C)N1C(=O)Oc1ccc(Cl)cc1. The molecule has 12 heteroatoms. The van der Waals surface area contributed by atoms with Crippen LogP contribution in [-0.4, -0.2) is 68.3 Å². The second-order valence-corrected chi connectivity index (χ2v) is 16.9. The van der Waals surface area contributed by atoms with Crippen molar-refractivity contribution in [3.8, 4) is 11.5 Å². The number of hydrogen-bond donors (Lipinski definition) is 0. The normalized spacial score (nSPS) is 19.3. The predicted molar refractivity (Wildman–Crippen MR) is 198 cm³/mol. The fourth-order valence-corrected chi connectivity index (χ4v) is 8.26. The first-order valence-corrected chi connectivity index (χ1v) is 18.0. The van der Waals surface area contributed by atoms with Gasteiger partial charge in [0.2, 0.25) is 0 Å². The number of benzene rings is 3. The minimum Gasteiger partial charge on any atom is -0.459 e. The molecule has 3 aromatic rings. The van der Waals surface area contributed by atoms with Gasteiger partial charge in [0.1, 0.15) is 23.7 Å². The molecule has 10 nitrogen and oxygen atoms in total. The maximum absolute atomic E-state index is 13.3. The second kappa shape index (κ2) is 14.6. The molecular weight excluding hydrogens is 707 g/mol. The largest absolute Gasteiger partial charge is 0.459 e. The summed E-state index contributed by atoms with van der Waals surface area (Å²) in [6.07, 6.45) is -0.359. The summed E-state index contributed by atoms with van der Waals surface area (Å²) in [5.74, 6) is -0.300. The number of nitrogens with zero attached hydrogens (tertiary/aromatic N) is 2. The molecule has 2 aliphatic heterocycles. The van der Waals surface area contributed by atoms with Crippen LogP contribution in [0.15, 0.2) is 72.8 Å². The number of esters is 2. The molecule has 0 saturated carbocycles. The molecule has 0 unspecified atom stereocenters. The molecule has 0 aliphatic carbocycles. The van der Waals surface area contributed by atoms with Crippen LogP contribution in [-0.2, 0) is 9.47 Å². The molecule has 3 aromatic carbocycles. The highest BCUT2D eigenvalue weighted by molar-refractivity contribution is 6.30. The van der Waals surface area contributed by atoms with Crippen molar-refractivity contribution < 1.29 is 38.1 Å². The fourth-order valence-electron chi connectivity index (χ4n) is 8.01. The van der Waals surface area contributed by atoms with E-state index in [9.17, 15) is 19.2 Å². The van der Waals surface area contributed by atoms with Crippen molar-refractivity contribution in [1.82, 2.24) is 9.80 Å². The third-order valence-corrected chi connectivity index (χ3v) is 10.1. The molecule has 0 aromatic heterocycles. The van der Waals surface area contributed by atoms with Gasteiger partial charge in [-0.1, -0.05) is 23.2 Å². The standard InChI is InChI=1S/C40H46Cl2N2O8/c1-37(2)21-31(22-38(3,4)43(37)35(47)51-29-17-13-27(41)14-18-29)49-33(45)25-9-11-26(12-10-25)34(46)50-32-23-39(5,6)44(40(7,8)24-32)36(48)52-30-19-15-28(42)16-20-30/h9-20,31-32H,21-24H2,1-8H3. The lowest BCUT2D eigenvalue weighted by Gasteiger charge is -2.53. The zero-order valence-corrected chi connectivity index (χ0v) is 32.3. The van der Waals surface area contributed by atoms with Gasteiger partial charge in [-0.2, -0.15) is 0 Å². The Hall–Kier alpha value is -4.28. The lowest BCUT2D eigenvalue weighted by molar-refractivity contribution is -0.0711. The van der Waals surface area contributed by atoms with E-state index in [1.807, 2.05) is 55.4 Å². The van der Waals surface area contributed by atoms with Crippen LogP contribution in [0.4, 0.5) is 9.59 Å². The van der Waals surface area contributed by atoms with E-state index in [4.69, 9.17) is 42.1 Å². The van der Waals surface area contributed by atoms with Crippen molar-refractivity contribution in [2.24, 2.45) is 0 Å². The minimum atomic E-state index is -0.694. The number of likely N-dealkylation sites (tertiary alicyclic amines) is 2. The molecule has 0 bridgehead atoms. The van der Waals surface area contributed by atoms with Crippen molar-refractivity contribution in [1.29, 1.82) is 0 Å². The topological polar surface area (TPSA) is 112 Å². The molecule has 52 heavy (non-hydrogen) atoms. The van der Waals surface area contributed by atoms with Gasteiger partial charge in [0.25, 0.3) is 0 Å². The monoisotopic (exact) mass is 752 g/mol. The van der Waals surface area contributed by atoms with Crippen LogP contribution in [0, 0.1) is 0 Å². The van der Waals surface area contributed by atoms with Crippen LogP contribution >= 0.6 is 23.2 Å². The Bertz CT molecular complexity index is 1640. The van der Waals surface area contributed by atoms with Crippen LogP contribution in [0.5, 0.6) is 11.5 Å². The molecule has 278 valence electrons. The van der Waals surface area contributed by atoms with Gasteiger partial charge in [0.15, 0.2) is 0 Å². The minimum absolute atomic E-state index is 0.284. The van der Waals surface area contributed by atoms with Crippen LogP contribution in [0.3, 0.4) is 0 Å². The van der Waals surface area contributed by atoms with E-state index in [0.29, 0.717) is 47.2 Å². The van der Waals surface area contributed by atoms with E-state index in [1.54, 1.807) is 58.3 Å². The van der Waals surface area contributed by atoms with E-state index < -0.39 is 58.5 Å². The smallest absolute Gasteiger partial charge is 0.416 e. The number of rotatable bonds is 6. The van der Waals surface area contributed by atoms with Gasteiger partial charge in [-0.3, -0.25) is 9.80 Å². The molecule has 2 heterocycles. The van der Waals surface area contributed by atoms with E-state index in [-0.39, 0.29) is 11.1 Å². The summed E-state index contributed by atoms with van der Waals surface area (Å²) in [6.45, 7) is 15.3. The highest BCUT2D eigenvalue weighted by atomic mass is 35.5. The van der Waals surface area contributed by atoms with Gasteiger partial charge in [-0.15, -0.1) is 0 Å². The average Bonchev–Trinajstić information content (AvgIpc) is 3.00. The summed E-state index contributed by atoms with van der Waals surface area (Å²) in [5, 5.41) is 1.08. The van der Waals surface area contributed by atoms with Crippen LogP contribution in [0.2, 0.25) is 10.0 Å². The van der Waals surface area contributed by atoms with Gasteiger partial charge in [-0.25, -0.2) is 19.2 Å². The molecule has 2 amide bonds. The van der Waals surface area contributed by atoms with Gasteiger partial charge in [0, 0.05) is 57.9 Å². The van der Waals surface area contributed by atoms with Gasteiger partial charge in [0.05, 0.1) is 11.1 Å². The number of halogens is 2. The molecule has 0 atom stereocenters. The first kappa shape index (κ1) is 38.9. The van der Waals surface area contributed by atoms with Gasteiger partial charge in [-0.05, 0) is 128 Å². The number of piperidine rings is 2. The summed E-state index contributed by atoms with van der Waals surface area (Å²) >= 11 is 11.9. The Labute approximate surface area is 315 Å². The molecular formula is C40H46Cl2N2O8. The average molecular weight is 754 g/mol. The molecule has 2 saturated heterocycles. The zero-order valence-electron chi connectivity index (χ0n) is 30.8. The van der Waals surface area contributed by atoms with Crippen molar-refractivity contribution in [2.75, 3.05) is 0 Å².